The maximum absolute atomic E-state index is 12.5. The molecule has 1 heterocycles. The average Bonchev–Trinajstić information content (AvgIpc) is 3.16. The summed E-state index contributed by atoms with van der Waals surface area (Å²) in [4.78, 5) is 17.6. The van der Waals surface area contributed by atoms with Crippen molar-refractivity contribution in [3.63, 3.8) is 0 Å². The van der Waals surface area contributed by atoms with Crippen molar-refractivity contribution >= 4 is 68.0 Å². The molecule has 5 rings (SSSR count). The lowest BCUT2D eigenvalue weighted by Gasteiger charge is -2.09. The number of thioether (sulfide) groups is 1. The fraction of sp³-hybridized carbons (Fsp3) is 0.0370. The number of benzene rings is 4. The van der Waals surface area contributed by atoms with Gasteiger partial charge in [-0.2, -0.15) is 0 Å². The second kappa shape index (κ2) is 9.80. The summed E-state index contributed by atoms with van der Waals surface area (Å²) < 4.78 is 7.18. The molecule has 6 heteroatoms. The predicted molar refractivity (Wildman–Crippen MR) is 145 cm³/mol. The zero-order valence-electron chi connectivity index (χ0n) is 17.5. The molecule has 0 aromatic heterocycles. The number of ether oxygens (including phenoxy) is 1. The lowest BCUT2D eigenvalue weighted by Crippen LogP contribution is -2.19. The predicted octanol–water partition coefficient (Wildman–Crippen LogP) is 6.92. The Balaban J connectivity index is 1.31. The molecule has 1 saturated heterocycles. The number of aliphatic imine (C=N–C) groups is 1. The van der Waals surface area contributed by atoms with Gasteiger partial charge in [0.1, 0.15) is 12.4 Å². The second-order valence-electron chi connectivity index (χ2n) is 7.46. The molecule has 0 atom stereocenters. The topological polar surface area (TPSA) is 50.7 Å². The molecule has 0 spiro atoms. The van der Waals surface area contributed by atoms with Crippen LogP contribution in [-0.4, -0.2) is 11.1 Å². The molecular weight excluding hydrogens is 543 g/mol. The summed E-state index contributed by atoms with van der Waals surface area (Å²) in [5.41, 5.74) is 2.85. The number of nitrogens with one attached hydrogen (secondary N) is 1. The van der Waals surface area contributed by atoms with Gasteiger partial charge < -0.3 is 10.1 Å². The minimum atomic E-state index is -0.147. The summed E-state index contributed by atoms with van der Waals surface area (Å²) in [6, 6.07) is 30.1. The van der Waals surface area contributed by atoms with Crippen LogP contribution in [0.2, 0.25) is 0 Å². The van der Waals surface area contributed by atoms with Gasteiger partial charge in [-0.25, -0.2) is 4.99 Å². The third-order valence-corrected chi connectivity index (χ3v) is 6.70. The summed E-state index contributed by atoms with van der Waals surface area (Å²) >= 11 is 3.58. The van der Waals surface area contributed by atoms with Gasteiger partial charge >= 0.3 is 0 Å². The molecule has 1 fully saturated rings. The van der Waals surface area contributed by atoms with Crippen LogP contribution in [0.3, 0.4) is 0 Å². The highest BCUT2D eigenvalue weighted by atomic mass is 127. The van der Waals surface area contributed by atoms with Crippen LogP contribution in [0.1, 0.15) is 11.1 Å². The quantitative estimate of drug-likeness (QED) is 0.212. The van der Waals surface area contributed by atoms with E-state index >= 15 is 0 Å². The van der Waals surface area contributed by atoms with Crippen LogP contribution in [0.15, 0.2) is 101 Å². The Labute approximate surface area is 209 Å². The van der Waals surface area contributed by atoms with Crippen molar-refractivity contribution in [2.45, 2.75) is 6.61 Å². The molecule has 1 aliphatic rings. The Bertz CT molecular complexity index is 1410. The molecule has 0 radical (unpaired) electrons. The molecule has 4 aromatic carbocycles. The third-order valence-electron chi connectivity index (χ3n) is 5.12. The second-order valence-corrected chi connectivity index (χ2v) is 9.74. The number of amides is 1. The van der Waals surface area contributed by atoms with Crippen LogP contribution >= 0.6 is 34.4 Å². The van der Waals surface area contributed by atoms with Crippen LogP contribution in [0.5, 0.6) is 5.75 Å². The van der Waals surface area contributed by atoms with E-state index in [1.807, 2.05) is 72.8 Å². The molecule has 0 aliphatic carbocycles. The zero-order valence-corrected chi connectivity index (χ0v) is 20.5. The summed E-state index contributed by atoms with van der Waals surface area (Å²) in [7, 11) is 0. The molecule has 0 saturated carbocycles. The fourth-order valence-corrected chi connectivity index (χ4v) is 4.94. The lowest BCUT2D eigenvalue weighted by molar-refractivity contribution is -0.115. The highest BCUT2D eigenvalue weighted by molar-refractivity contribution is 14.1. The number of amidine groups is 1. The van der Waals surface area contributed by atoms with Crippen molar-refractivity contribution < 1.29 is 9.53 Å². The number of carbonyl (C=O) groups is 1. The normalized spacial score (nSPS) is 15.8. The third kappa shape index (κ3) is 5.29. The number of nitrogens with zero attached hydrogens (tertiary/aromatic N) is 1. The van der Waals surface area contributed by atoms with Crippen LogP contribution < -0.4 is 10.1 Å². The molecule has 4 aromatic rings. The van der Waals surface area contributed by atoms with Gasteiger partial charge in [0.05, 0.1) is 10.6 Å². The first-order valence-corrected chi connectivity index (χ1v) is 12.3. The molecule has 0 unspecified atom stereocenters. The fourth-order valence-electron chi connectivity index (χ4n) is 3.57. The minimum Gasteiger partial charge on any atom is -0.489 e. The van der Waals surface area contributed by atoms with E-state index in [0.29, 0.717) is 16.7 Å². The largest absolute Gasteiger partial charge is 0.489 e. The molecule has 4 nitrogen and oxygen atoms in total. The van der Waals surface area contributed by atoms with Gasteiger partial charge in [0, 0.05) is 3.57 Å². The van der Waals surface area contributed by atoms with Crippen molar-refractivity contribution in [2.75, 3.05) is 0 Å². The standard InChI is InChI=1S/C27H19IN2O2S/c28-21-10-5-11-22(16-21)29-27-30-26(31)25(33-27)15-18-6-3-12-23(14-18)32-17-20-9-4-8-19-7-1-2-13-24(19)20/h1-16H,17H2,(H,29,30,31)/b25-15+. The Hall–Kier alpha value is -3.10. The van der Waals surface area contributed by atoms with Gasteiger partial charge in [-0.05, 0) is 92.7 Å². The van der Waals surface area contributed by atoms with Crippen molar-refractivity contribution in [3.8, 4) is 5.75 Å². The summed E-state index contributed by atoms with van der Waals surface area (Å²) in [6.45, 7) is 0.475. The van der Waals surface area contributed by atoms with Gasteiger partial charge in [-0.1, -0.05) is 60.7 Å². The average molecular weight is 562 g/mol. The molecule has 1 N–H and O–H groups in total. The Kier molecular flexibility index (Phi) is 6.46. The Morgan fingerprint density at radius 3 is 2.67 bits per heavy atom. The van der Waals surface area contributed by atoms with E-state index in [2.05, 4.69) is 57.2 Å². The van der Waals surface area contributed by atoms with E-state index in [9.17, 15) is 4.79 Å². The van der Waals surface area contributed by atoms with Crippen molar-refractivity contribution in [1.82, 2.24) is 5.32 Å². The van der Waals surface area contributed by atoms with Crippen molar-refractivity contribution in [1.29, 1.82) is 0 Å². The van der Waals surface area contributed by atoms with E-state index in [1.165, 1.54) is 22.5 Å². The van der Waals surface area contributed by atoms with Crippen molar-refractivity contribution in [2.24, 2.45) is 4.99 Å². The van der Waals surface area contributed by atoms with E-state index in [-0.39, 0.29) is 5.91 Å². The van der Waals surface area contributed by atoms with Gasteiger partial charge in [0.2, 0.25) is 0 Å². The SMILES string of the molecule is O=C1NC(=Nc2cccc(I)c2)S/C1=C/c1cccc(OCc2cccc3ccccc23)c1. The van der Waals surface area contributed by atoms with E-state index in [1.54, 1.807) is 0 Å². The van der Waals surface area contributed by atoms with Gasteiger partial charge in [-0.3, -0.25) is 4.79 Å². The van der Waals surface area contributed by atoms with Crippen LogP contribution in [0.25, 0.3) is 16.8 Å². The lowest BCUT2D eigenvalue weighted by atomic mass is 10.1. The number of carbonyl (C=O) groups excluding carboxylic acids is 1. The Morgan fingerprint density at radius 2 is 1.76 bits per heavy atom. The highest BCUT2D eigenvalue weighted by Gasteiger charge is 2.23. The van der Waals surface area contributed by atoms with E-state index in [4.69, 9.17) is 4.74 Å². The summed E-state index contributed by atoms with van der Waals surface area (Å²) in [5, 5.41) is 5.81. The summed E-state index contributed by atoms with van der Waals surface area (Å²) in [5.74, 6) is 0.611. The first-order chi connectivity index (χ1) is 16.1. The number of rotatable bonds is 5. The molecular formula is C27H19IN2O2S. The van der Waals surface area contributed by atoms with Gasteiger partial charge in [0.15, 0.2) is 5.17 Å². The van der Waals surface area contributed by atoms with Crippen molar-refractivity contribution in [3.05, 3.63) is 111 Å². The monoisotopic (exact) mass is 562 g/mol. The number of fused-ring (bicyclic) bond motifs is 1. The molecule has 162 valence electrons. The van der Waals surface area contributed by atoms with Crippen LogP contribution in [-0.2, 0) is 11.4 Å². The van der Waals surface area contributed by atoms with Crippen LogP contribution in [0, 0.1) is 3.57 Å². The maximum Gasteiger partial charge on any atom is 0.264 e. The number of halogens is 1. The number of hydrogen-bond donors (Lipinski definition) is 1. The van der Waals surface area contributed by atoms with Crippen LogP contribution in [0.4, 0.5) is 5.69 Å². The maximum atomic E-state index is 12.5. The first-order valence-electron chi connectivity index (χ1n) is 10.4. The molecule has 1 amide bonds. The first kappa shape index (κ1) is 21.7. The highest BCUT2D eigenvalue weighted by Crippen LogP contribution is 2.29. The minimum absolute atomic E-state index is 0.147. The van der Waals surface area contributed by atoms with Gasteiger partial charge in [0.25, 0.3) is 5.91 Å². The van der Waals surface area contributed by atoms with Gasteiger partial charge in [-0.15, -0.1) is 0 Å². The van der Waals surface area contributed by atoms with E-state index < -0.39 is 0 Å². The number of hydrogen-bond acceptors (Lipinski definition) is 4. The zero-order chi connectivity index (χ0) is 22.6. The molecule has 33 heavy (non-hydrogen) atoms. The smallest absolute Gasteiger partial charge is 0.264 e. The summed E-state index contributed by atoms with van der Waals surface area (Å²) in [6.07, 6.45) is 1.86. The Morgan fingerprint density at radius 1 is 0.939 bits per heavy atom. The van der Waals surface area contributed by atoms with E-state index in [0.717, 1.165) is 26.1 Å². The molecule has 1 aliphatic heterocycles. The molecule has 0 bridgehead atoms.